The number of hydrogen-bond donors (Lipinski definition) is 2. The van der Waals surface area contributed by atoms with Gasteiger partial charge in [-0.2, -0.15) is 0 Å². The van der Waals surface area contributed by atoms with Gasteiger partial charge in [0.25, 0.3) is 0 Å². The van der Waals surface area contributed by atoms with Crippen molar-refractivity contribution in [1.29, 1.82) is 5.41 Å². The zero-order valence-corrected chi connectivity index (χ0v) is 12.1. The molecule has 1 aromatic carbocycles. The Labute approximate surface area is 120 Å². The van der Waals surface area contributed by atoms with Crippen molar-refractivity contribution >= 4 is 11.5 Å². The Morgan fingerprint density at radius 2 is 2.20 bits per heavy atom. The Kier molecular flexibility index (Phi) is 5.38. The molecule has 20 heavy (non-hydrogen) atoms. The summed E-state index contributed by atoms with van der Waals surface area (Å²) in [5.41, 5.74) is 6.65. The van der Waals surface area contributed by atoms with E-state index in [2.05, 4.69) is 29.0 Å². The molecule has 1 fully saturated rings. The summed E-state index contributed by atoms with van der Waals surface area (Å²) in [6.07, 6.45) is 0.790. The van der Waals surface area contributed by atoms with E-state index >= 15 is 0 Å². The molecule has 1 heterocycles. The molecule has 0 radical (unpaired) electrons. The van der Waals surface area contributed by atoms with Crippen LogP contribution >= 0.6 is 0 Å². The summed E-state index contributed by atoms with van der Waals surface area (Å²) in [7, 11) is 2.12. The second-order valence-electron chi connectivity index (χ2n) is 5.31. The molecule has 3 N–H and O–H groups in total. The number of nitrogens with zero attached hydrogens (tertiary/aromatic N) is 2. The fourth-order valence-electron chi connectivity index (χ4n) is 2.44. The van der Waals surface area contributed by atoms with Crippen LogP contribution in [0.1, 0.15) is 6.42 Å². The number of likely N-dealkylation sites (N-methyl/N-ethyl adjacent to an activating group) is 1. The van der Waals surface area contributed by atoms with E-state index in [0.29, 0.717) is 6.42 Å². The molecule has 2 rings (SSSR count). The van der Waals surface area contributed by atoms with E-state index in [1.807, 2.05) is 18.2 Å². The zero-order valence-electron chi connectivity index (χ0n) is 12.1. The Morgan fingerprint density at radius 1 is 1.45 bits per heavy atom. The number of benzene rings is 1. The van der Waals surface area contributed by atoms with Gasteiger partial charge in [0.15, 0.2) is 0 Å². The second kappa shape index (κ2) is 7.26. The monoisotopic (exact) mass is 276 g/mol. The van der Waals surface area contributed by atoms with Gasteiger partial charge in [0.1, 0.15) is 0 Å². The third-order valence-electron chi connectivity index (χ3n) is 3.54. The maximum absolute atomic E-state index is 7.41. The Hall–Kier alpha value is -1.59. The standard InChI is InChI=1S/C15H24N4O/c1-18-9-10-20-14(11-18)12-19(8-7-15(16)17)13-5-3-2-4-6-13/h2-6,14H,7-12H2,1H3,(H3,16,17). The molecular weight excluding hydrogens is 252 g/mol. The second-order valence-corrected chi connectivity index (χ2v) is 5.31. The van der Waals surface area contributed by atoms with Crippen LogP contribution in [0.15, 0.2) is 30.3 Å². The van der Waals surface area contributed by atoms with Crippen LogP contribution < -0.4 is 10.6 Å². The smallest absolute Gasteiger partial charge is 0.0923 e. The summed E-state index contributed by atoms with van der Waals surface area (Å²) >= 11 is 0. The van der Waals surface area contributed by atoms with Gasteiger partial charge in [-0.3, -0.25) is 5.41 Å². The normalized spacial score (nSPS) is 19.8. The van der Waals surface area contributed by atoms with Crippen LogP contribution in [-0.4, -0.2) is 56.7 Å². The van der Waals surface area contributed by atoms with Gasteiger partial charge >= 0.3 is 0 Å². The Morgan fingerprint density at radius 3 is 2.85 bits per heavy atom. The van der Waals surface area contributed by atoms with Crippen LogP contribution in [0.3, 0.4) is 0 Å². The summed E-state index contributed by atoms with van der Waals surface area (Å²) in [4.78, 5) is 4.55. The number of rotatable bonds is 6. The van der Waals surface area contributed by atoms with Crippen LogP contribution in [0.5, 0.6) is 0 Å². The van der Waals surface area contributed by atoms with Crippen LogP contribution in [-0.2, 0) is 4.74 Å². The maximum atomic E-state index is 7.41. The molecule has 110 valence electrons. The fraction of sp³-hybridized carbons (Fsp3) is 0.533. The Balaban J connectivity index is 2.00. The molecule has 1 atom stereocenters. The van der Waals surface area contributed by atoms with Gasteiger partial charge in [0.05, 0.1) is 18.5 Å². The molecule has 0 aliphatic carbocycles. The SMILES string of the molecule is CN1CCOC(CN(CCC(=N)N)c2ccccc2)C1. The van der Waals surface area contributed by atoms with Gasteiger partial charge in [-0.05, 0) is 19.2 Å². The minimum atomic E-state index is 0.209. The van der Waals surface area contributed by atoms with Gasteiger partial charge in [-0.1, -0.05) is 18.2 Å². The van der Waals surface area contributed by atoms with Crippen molar-refractivity contribution in [1.82, 2.24) is 4.90 Å². The number of morpholine rings is 1. The van der Waals surface area contributed by atoms with Gasteiger partial charge in [-0.15, -0.1) is 0 Å². The highest BCUT2D eigenvalue weighted by Gasteiger charge is 2.20. The zero-order chi connectivity index (χ0) is 14.4. The number of para-hydroxylation sites is 1. The summed E-state index contributed by atoms with van der Waals surface area (Å²) in [6, 6.07) is 10.3. The first kappa shape index (κ1) is 14.8. The lowest BCUT2D eigenvalue weighted by molar-refractivity contribution is -0.0147. The highest BCUT2D eigenvalue weighted by Crippen LogP contribution is 2.16. The largest absolute Gasteiger partial charge is 0.388 e. The molecule has 0 saturated carbocycles. The lowest BCUT2D eigenvalue weighted by atomic mass is 10.2. The highest BCUT2D eigenvalue weighted by atomic mass is 16.5. The summed E-state index contributed by atoms with van der Waals surface area (Å²) in [5.74, 6) is 0.229. The number of ether oxygens (including phenoxy) is 1. The summed E-state index contributed by atoms with van der Waals surface area (Å²) in [5, 5.41) is 7.41. The Bertz CT molecular complexity index is 423. The minimum Gasteiger partial charge on any atom is -0.388 e. The quantitative estimate of drug-likeness (QED) is 0.604. The van der Waals surface area contributed by atoms with Crippen LogP contribution in [0.4, 0.5) is 5.69 Å². The third-order valence-corrected chi connectivity index (χ3v) is 3.54. The average molecular weight is 276 g/mol. The molecule has 0 aromatic heterocycles. The lowest BCUT2D eigenvalue weighted by Gasteiger charge is -2.35. The van der Waals surface area contributed by atoms with E-state index in [0.717, 1.165) is 38.5 Å². The van der Waals surface area contributed by atoms with Crippen molar-refractivity contribution < 1.29 is 4.74 Å². The summed E-state index contributed by atoms with van der Waals surface area (Å²) in [6.45, 7) is 4.32. The molecule has 0 spiro atoms. The molecular formula is C15H24N4O. The number of nitrogens with two attached hydrogens (primary N) is 1. The molecule has 5 nitrogen and oxygen atoms in total. The van der Waals surface area contributed by atoms with Crippen LogP contribution in [0.25, 0.3) is 0 Å². The fourth-order valence-corrected chi connectivity index (χ4v) is 2.44. The molecule has 1 aliphatic heterocycles. The van der Waals surface area contributed by atoms with Crippen molar-refractivity contribution in [3.8, 4) is 0 Å². The van der Waals surface area contributed by atoms with Gasteiger partial charge in [0.2, 0.25) is 0 Å². The van der Waals surface area contributed by atoms with E-state index < -0.39 is 0 Å². The maximum Gasteiger partial charge on any atom is 0.0923 e. The van der Waals surface area contributed by atoms with Gasteiger partial charge in [-0.25, -0.2) is 0 Å². The van der Waals surface area contributed by atoms with E-state index in [1.165, 1.54) is 0 Å². The first-order valence-electron chi connectivity index (χ1n) is 7.08. The predicted octanol–water partition coefficient (Wildman–Crippen LogP) is 1.15. The topological polar surface area (TPSA) is 65.6 Å². The molecule has 1 saturated heterocycles. The first-order chi connectivity index (χ1) is 9.65. The molecule has 0 amide bonds. The van der Waals surface area contributed by atoms with Crippen molar-refractivity contribution in [2.75, 3.05) is 44.7 Å². The molecule has 1 aromatic rings. The molecule has 5 heteroatoms. The van der Waals surface area contributed by atoms with Crippen LogP contribution in [0, 0.1) is 5.41 Å². The van der Waals surface area contributed by atoms with Crippen molar-refractivity contribution in [3.63, 3.8) is 0 Å². The van der Waals surface area contributed by atoms with E-state index in [1.54, 1.807) is 0 Å². The highest BCUT2D eigenvalue weighted by molar-refractivity contribution is 5.77. The third kappa shape index (κ3) is 4.51. The number of amidine groups is 1. The van der Waals surface area contributed by atoms with Gasteiger partial charge < -0.3 is 20.3 Å². The van der Waals surface area contributed by atoms with Crippen molar-refractivity contribution in [2.45, 2.75) is 12.5 Å². The number of anilines is 1. The molecule has 0 bridgehead atoms. The van der Waals surface area contributed by atoms with Crippen molar-refractivity contribution in [3.05, 3.63) is 30.3 Å². The molecule has 1 aliphatic rings. The van der Waals surface area contributed by atoms with E-state index in [-0.39, 0.29) is 11.9 Å². The minimum absolute atomic E-state index is 0.209. The lowest BCUT2D eigenvalue weighted by Crippen LogP contribution is -2.46. The summed E-state index contributed by atoms with van der Waals surface area (Å²) < 4.78 is 5.84. The average Bonchev–Trinajstić information content (AvgIpc) is 2.44. The predicted molar refractivity (Wildman–Crippen MR) is 82.4 cm³/mol. The van der Waals surface area contributed by atoms with Crippen LogP contribution in [0.2, 0.25) is 0 Å². The number of hydrogen-bond acceptors (Lipinski definition) is 4. The van der Waals surface area contributed by atoms with E-state index in [4.69, 9.17) is 15.9 Å². The van der Waals surface area contributed by atoms with Crippen molar-refractivity contribution in [2.24, 2.45) is 5.73 Å². The van der Waals surface area contributed by atoms with Gasteiger partial charge in [0, 0.05) is 38.3 Å². The first-order valence-corrected chi connectivity index (χ1v) is 7.08. The number of nitrogens with one attached hydrogen (secondary N) is 1. The van der Waals surface area contributed by atoms with E-state index in [9.17, 15) is 0 Å². The molecule has 1 unspecified atom stereocenters.